The maximum absolute atomic E-state index is 11.8. The summed E-state index contributed by atoms with van der Waals surface area (Å²) in [6, 6.07) is 13.4. The number of hydrogen-bond donors (Lipinski definition) is 2. The SMILES string of the molecule is O=C(COc1ccc(Br)cc1)NNC(=O)c1ccc(Cl)cc1. The van der Waals surface area contributed by atoms with Gasteiger partial charge < -0.3 is 4.74 Å². The van der Waals surface area contributed by atoms with Crippen LogP contribution >= 0.6 is 27.5 Å². The van der Waals surface area contributed by atoms with Gasteiger partial charge >= 0.3 is 0 Å². The fourth-order valence-electron chi connectivity index (χ4n) is 1.52. The Balaban J connectivity index is 1.76. The molecule has 0 aliphatic rings. The van der Waals surface area contributed by atoms with E-state index in [1.165, 1.54) is 0 Å². The van der Waals surface area contributed by atoms with Gasteiger partial charge in [-0.05, 0) is 48.5 Å². The maximum Gasteiger partial charge on any atom is 0.276 e. The monoisotopic (exact) mass is 382 g/mol. The van der Waals surface area contributed by atoms with Gasteiger partial charge in [0.05, 0.1) is 0 Å². The van der Waals surface area contributed by atoms with Crippen LogP contribution in [0.5, 0.6) is 5.75 Å². The first-order chi connectivity index (χ1) is 10.5. The Kier molecular flexibility index (Phi) is 5.80. The molecule has 2 aromatic carbocycles. The Bertz CT molecular complexity index is 659. The summed E-state index contributed by atoms with van der Waals surface area (Å²) in [4.78, 5) is 23.3. The highest BCUT2D eigenvalue weighted by molar-refractivity contribution is 9.10. The largest absolute Gasteiger partial charge is 0.484 e. The quantitative estimate of drug-likeness (QED) is 0.798. The first-order valence-corrected chi connectivity index (χ1v) is 7.45. The lowest BCUT2D eigenvalue weighted by atomic mass is 10.2. The zero-order valence-electron chi connectivity index (χ0n) is 11.3. The molecule has 0 radical (unpaired) electrons. The number of hydrazine groups is 1. The normalized spacial score (nSPS) is 9.91. The van der Waals surface area contributed by atoms with Crippen LogP contribution in [0, 0.1) is 0 Å². The Morgan fingerprint density at radius 1 is 1.00 bits per heavy atom. The average molecular weight is 384 g/mol. The summed E-state index contributed by atoms with van der Waals surface area (Å²) in [5.41, 5.74) is 4.95. The van der Waals surface area contributed by atoms with E-state index >= 15 is 0 Å². The second-order valence-electron chi connectivity index (χ2n) is 4.25. The molecular formula is C15H12BrClN2O3. The van der Waals surface area contributed by atoms with E-state index in [9.17, 15) is 9.59 Å². The van der Waals surface area contributed by atoms with Gasteiger partial charge in [-0.25, -0.2) is 0 Å². The van der Waals surface area contributed by atoms with Crippen LogP contribution in [0.15, 0.2) is 53.0 Å². The number of amides is 2. The summed E-state index contributed by atoms with van der Waals surface area (Å²) in [6.07, 6.45) is 0. The van der Waals surface area contributed by atoms with Crippen molar-refractivity contribution in [3.8, 4) is 5.75 Å². The van der Waals surface area contributed by atoms with Crippen LogP contribution in [0.4, 0.5) is 0 Å². The van der Waals surface area contributed by atoms with Gasteiger partial charge in [0, 0.05) is 15.1 Å². The summed E-state index contributed by atoms with van der Waals surface area (Å²) in [7, 11) is 0. The van der Waals surface area contributed by atoms with Crippen LogP contribution in [0.2, 0.25) is 5.02 Å². The molecular weight excluding hydrogens is 372 g/mol. The maximum atomic E-state index is 11.8. The predicted octanol–water partition coefficient (Wildman–Crippen LogP) is 2.94. The highest BCUT2D eigenvalue weighted by Crippen LogP contribution is 2.15. The number of halogens is 2. The summed E-state index contributed by atoms with van der Waals surface area (Å²) < 4.78 is 6.19. The summed E-state index contributed by atoms with van der Waals surface area (Å²) in [5.74, 6) is -0.346. The molecule has 0 heterocycles. The lowest BCUT2D eigenvalue weighted by Crippen LogP contribution is -2.43. The van der Waals surface area contributed by atoms with E-state index in [2.05, 4.69) is 26.8 Å². The van der Waals surface area contributed by atoms with Gasteiger partial charge in [-0.1, -0.05) is 27.5 Å². The molecule has 0 unspecified atom stereocenters. The van der Waals surface area contributed by atoms with Crippen molar-refractivity contribution in [3.05, 3.63) is 63.6 Å². The third-order valence-electron chi connectivity index (χ3n) is 2.61. The molecule has 0 fully saturated rings. The predicted molar refractivity (Wildman–Crippen MR) is 86.7 cm³/mol. The molecule has 0 aliphatic heterocycles. The average Bonchev–Trinajstić information content (AvgIpc) is 2.52. The minimum absolute atomic E-state index is 0.206. The van der Waals surface area contributed by atoms with Gasteiger partial charge in [-0.2, -0.15) is 0 Å². The molecule has 0 spiro atoms. The van der Waals surface area contributed by atoms with Crippen LogP contribution < -0.4 is 15.6 Å². The molecule has 0 saturated carbocycles. The number of ether oxygens (including phenoxy) is 1. The fraction of sp³-hybridized carbons (Fsp3) is 0.0667. The van der Waals surface area contributed by atoms with Gasteiger partial charge in [0.25, 0.3) is 11.8 Å². The molecule has 114 valence electrons. The molecule has 2 amide bonds. The Labute approximate surface area is 140 Å². The first kappa shape index (κ1) is 16.3. The van der Waals surface area contributed by atoms with E-state index in [0.717, 1.165) is 4.47 Å². The minimum Gasteiger partial charge on any atom is -0.484 e. The van der Waals surface area contributed by atoms with Crippen LogP contribution in [-0.4, -0.2) is 18.4 Å². The van der Waals surface area contributed by atoms with Crippen molar-refractivity contribution in [1.29, 1.82) is 0 Å². The van der Waals surface area contributed by atoms with E-state index in [0.29, 0.717) is 16.3 Å². The van der Waals surface area contributed by atoms with E-state index in [1.54, 1.807) is 48.5 Å². The van der Waals surface area contributed by atoms with Crippen molar-refractivity contribution in [2.45, 2.75) is 0 Å². The van der Waals surface area contributed by atoms with Crippen LogP contribution in [0.3, 0.4) is 0 Å². The number of hydrogen-bond acceptors (Lipinski definition) is 3. The molecule has 0 aliphatic carbocycles. The Morgan fingerprint density at radius 2 is 1.64 bits per heavy atom. The van der Waals surface area contributed by atoms with E-state index in [1.807, 2.05) is 0 Å². The summed E-state index contributed by atoms with van der Waals surface area (Å²) >= 11 is 9.03. The molecule has 2 N–H and O–H groups in total. The number of carbonyl (C=O) groups excluding carboxylic acids is 2. The molecule has 0 aromatic heterocycles. The van der Waals surface area contributed by atoms with Crippen molar-refractivity contribution in [2.24, 2.45) is 0 Å². The molecule has 7 heteroatoms. The second kappa shape index (κ2) is 7.82. The van der Waals surface area contributed by atoms with Gasteiger partial charge in [0.15, 0.2) is 6.61 Å². The van der Waals surface area contributed by atoms with Crippen molar-refractivity contribution in [2.75, 3.05) is 6.61 Å². The Hall–Kier alpha value is -2.05. The van der Waals surface area contributed by atoms with Crippen molar-refractivity contribution in [1.82, 2.24) is 10.9 Å². The standard InChI is InChI=1S/C15H12BrClN2O3/c16-11-3-7-13(8-4-11)22-9-14(20)18-19-15(21)10-1-5-12(17)6-2-10/h1-8H,9H2,(H,18,20)(H,19,21). The molecule has 0 saturated heterocycles. The zero-order chi connectivity index (χ0) is 15.9. The third kappa shape index (κ3) is 5.05. The van der Waals surface area contributed by atoms with Gasteiger partial charge in [0.1, 0.15) is 5.75 Å². The lowest BCUT2D eigenvalue weighted by molar-refractivity contribution is -0.123. The van der Waals surface area contributed by atoms with Gasteiger partial charge in [0.2, 0.25) is 0 Å². The van der Waals surface area contributed by atoms with E-state index < -0.39 is 11.8 Å². The molecule has 0 bridgehead atoms. The first-order valence-electron chi connectivity index (χ1n) is 6.28. The van der Waals surface area contributed by atoms with Crippen LogP contribution in [0.25, 0.3) is 0 Å². The minimum atomic E-state index is -0.467. The van der Waals surface area contributed by atoms with Crippen molar-refractivity contribution >= 4 is 39.3 Å². The molecule has 2 aromatic rings. The number of rotatable bonds is 4. The number of carbonyl (C=O) groups is 2. The topological polar surface area (TPSA) is 67.4 Å². The smallest absolute Gasteiger partial charge is 0.276 e. The highest BCUT2D eigenvalue weighted by atomic mass is 79.9. The fourth-order valence-corrected chi connectivity index (χ4v) is 1.91. The Morgan fingerprint density at radius 3 is 2.27 bits per heavy atom. The molecule has 2 rings (SSSR count). The number of benzene rings is 2. The number of nitrogens with one attached hydrogen (secondary N) is 2. The van der Waals surface area contributed by atoms with Crippen molar-refractivity contribution in [3.63, 3.8) is 0 Å². The van der Waals surface area contributed by atoms with Crippen LogP contribution in [-0.2, 0) is 4.79 Å². The lowest BCUT2D eigenvalue weighted by Gasteiger charge is -2.09. The zero-order valence-corrected chi connectivity index (χ0v) is 13.6. The van der Waals surface area contributed by atoms with Crippen molar-refractivity contribution < 1.29 is 14.3 Å². The molecule has 22 heavy (non-hydrogen) atoms. The van der Waals surface area contributed by atoms with Gasteiger partial charge in [-0.15, -0.1) is 0 Å². The summed E-state index contributed by atoms with van der Waals surface area (Å²) in [5, 5.41) is 0.531. The second-order valence-corrected chi connectivity index (χ2v) is 5.60. The highest BCUT2D eigenvalue weighted by Gasteiger charge is 2.07. The third-order valence-corrected chi connectivity index (χ3v) is 3.39. The molecule has 0 atom stereocenters. The van der Waals surface area contributed by atoms with Gasteiger partial charge in [-0.3, -0.25) is 20.4 Å². The van der Waals surface area contributed by atoms with E-state index in [4.69, 9.17) is 16.3 Å². The molecule has 5 nitrogen and oxygen atoms in total. The van der Waals surface area contributed by atoms with Crippen LogP contribution in [0.1, 0.15) is 10.4 Å². The van der Waals surface area contributed by atoms with E-state index in [-0.39, 0.29) is 6.61 Å². The summed E-state index contributed by atoms with van der Waals surface area (Å²) in [6.45, 7) is -0.206.